The van der Waals surface area contributed by atoms with Gasteiger partial charge in [-0.1, -0.05) is 30.3 Å². The van der Waals surface area contributed by atoms with Crippen molar-refractivity contribution in [1.29, 1.82) is 0 Å². The number of nitro groups is 1. The highest BCUT2D eigenvalue weighted by atomic mass is 16.6. The first-order valence-electron chi connectivity index (χ1n) is 11.9. The maximum atomic E-state index is 13.4. The normalized spacial score (nSPS) is 16.6. The van der Waals surface area contributed by atoms with E-state index < -0.39 is 10.9 Å². The number of hydrogen-bond acceptors (Lipinski definition) is 7. The lowest BCUT2D eigenvalue weighted by Gasteiger charge is -2.27. The quantitative estimate of drug-likeness (QED) is 0.303. The number of benzene rings is 2. The zero-order valence-corrected chi connectivity index (χ0v) is 19.6. The van der Waals surface area contributed by atoms with Crippen molar-refractivity contribution in [2.24, 2.45) is 0 Å². The number of nitrogens with zero attached hydrogens (tertiary/aromatic N) is 3. The third-order valence-electron chi connectivity index (χ3n) is 6.49. The summed E-state index contributed by atoms with van der Waals surface area (Å²) in [5.74, 6) is -0.798. The van der Waals surface area contributed by atoms with Gasteiger partial charge in [0.2, 0.25) is 0 Å². The average Bonchev–Trinajstić information content (AvgIpc) is 2.91. The highest BCUT2D eigenvalue weighted by Crippen LogP contribution is 2.36. The van der Waals surface area contributed by atoms with Gasteiger partial charge >= 0.3 is 5.97 Å². The van der Waals surface area contributed by atoms with E-state index in [-0.39, 0.29) is 18.2 Å². The molecule has 0 spiro atoms. The van der Waals surface area contributed by atoms with Gasteiger partial charge in [-0.15, -0.1) is 0 Å². The number of pyridine rings is 1. The molecule has 5 rings (SSSR count). The maximum absolute atomic E-state index is 13.4. The molecule has 9 nitrogen and oxygen atoms in total. The lowest BCUT2D eigenvalue weighted by Crippen LogP contribution is -2.42. The first-order valence-corrected chi connectivity index (χ1v) is 11.9. The van der Waals surface area contributed by atoms with E-state index in [1.165, 1.54) is 12.1 Å². The lowest BCUT2D eigenvalue weighted by molar-refractivity contribution is -0.384. The van der Waals surface area contributed by atoms with Gasteiger partial charge in [-0.3, -0.25) is 14.9 Å². The minimum atomic E-state index is -0.553. The highest BCUT2D eigenvalue weighted by Gasteiger charge is 2.27. The predicted molar refractivity (Wildman–Crippen MR) is 133 cm³/mol. The van der Waals surface area contributed by atoms with Gasteiger partial charge in [0.1, 0.15) is 0 Å². The molecule has 36 heavy (non-hydrogen) atoms. The molecule has 1 aromatic heterocycles. The predicted octanol–water partition coefficient (Wildman–Crippen LogP) is 4.04. The van der Waals surface area contributed by atoms with Crippen molar-refractivity contribution >= 4 is 40.1 Å². The number of nitro benzene ring substituents is 1. The van der Waals surface area contributed by atoms with E-state index in [1.807, 2.05) is 36.4 Å². The molecule has 0 atom stereocenters. The molecule has 2 aliphatic rings. The second-order valence-corrected chi connectivity index (χ2v) is 8.78. The summed E-state index contributed by atoms with van der Waals surface area (Å²) in [6, 6.07) is 13.8. The fourth-order valence-electron chi connectivity index (χ4n) is 4.74. The van der Waals surface area contributed by atoms with Crippen molar-refractivity contribution in [3.63, 3.8) is 0 Å². The molecule has 0 bridgehead atoms. The summed E-state index contributed by atoms with van der Waals surface area (Å²) in [7, 11) is 0. The van der Waals surface area contributed by atoms with Crippen molar-refractivity contribution in [2.45, 2.75) is 19.3 Å². The van der Waals surface area contributed by atoms with Crippen LogP contribution in [0.15, 0.2) is 48.5 Å². The molecule has 9 heteroatoms. The molecule has 1 saturated heterocycles. The molecule has 1 fully saturated rings. The average molecular weight is 488 g/mol. The summed E-state index contributed by atoms with van der Waals surface area (Å²) in [5.41, 5.74) is 4.16. The summed E-state index contributed by atoms with van der Waals surface area (Å²) >= 11 is 0. The lowest BCUT2D eigenvalue weighted by atomic mass is 9.86. The summed E-state index contributed by atoms with van der Waals surface area (Å²) in [6.45, 7) is 1.58. The topological polar surface area (TPSA) is 112 Å². The van der Waals surface area contributed by atoms with Gasteiger partial charge in [0.15, 0.2) is 6.61 Å². The number of non-ortho nitro benzene ring substituents is 1. The Balaban J connectivity index is 1.50. The summed E-state index contributed by atoms with van der Waals surface area (Å²) in [4.78, 5) is 43.2. The number of amides is 1. The van der Waals surface area contributed by atoms with E-state index in [1.54, 1.807) is 11.0 Å². The Bertz CT molecular complexity index is 1380. The second-order valence-electron chi connectivity index (χ2n) is 8.78. The Labute approximate surface area is 207 Å². The van der Waals surface area contributed by atoms with Crippen LogP contribution in [-0.2, 0) is 20.7 Å². The Morgan fingerprint density at radius 2 is 1.92 bits per heavy atom. The standard InChI is InChI=1S/C27H25N3O6/c31-24(29-11-13-35-14-12-29)17-36-27(32)25-21-8-1-2-10-23(21)28-26-19(6-4-9-22(25)26)15-18-5-3-7-20(16-18)30(33)34/h1-3,5,7-8,10,15-16H,4,6,9,11-14,17H2. The van der Waals surface area contributed by atoms with Gasteiger partial charge in [-0.05, 0) is 48.1 Å². The van der Waals surface area contributed by atoms with Crippen LogP contribution in [0.4, 0.5) is 5.69 Å². The van der Waals surface area contributed by atoms with Crippen LogP contribution in [0, 0.1) is 10.1 Å². The number of esters is 1. The Morgan fingerprint density at radius 1 is 1.11 bits per heavy atom. The van der Waals surface area contributed by atoms with Gasteiger partial charge in [-0.2, -0.15) is 0 Å². The minimum Gasteiger partial charge on any atom is -0.452 e. The molecule has 2 aromatic carbocycles. The monoisotopic (exact) mass is 487 g/mol. The van der Waals surface area contributed by atoms with Gasteiger partial charge in [0.05, 0.1) is 34.9 Å². The van der Waals surface area contributed by atoms with Crippen LogP contribution in [0.3, 0.4) is 0 Å². The molecule has 0 unspecified atom stereocenters. The van der Waals surface area contributed by atoms with Crippen LogP contribution in [0.1, 0.15) is 40.0 Å². The molecule has 3 aromatic rings. The van der Waals surface area contributed by atoms with Gasteiger partial charge in [-0.25, -0.2) is 9.78 Å². The van der Waals surface area contributed by atoms with Crippen LogP contribution >= 0.6 is 0 Å². The van der Waals surface area contributed by atoms with E-state index in [0.717, 1.165) is 24.0 Å². The van der Waals surface area contributed by atoms with Crippen molar-refractivity contribution in [3.8, 4) is 0 Å². The summed E-state index contributed by atoms with van der Waals surface area (Å²) in [6.07, 6.45) is 4.05. The zero-order valence-electron chi connectivity index (χ0n) is 19.6. The van der Waals surface area contributed by atoms with Crippen molar-refractivity contribution in [2.75, 3.05) is 32.9 Å². The maximum Gasteiger partial charge on any atom is 0.339 e. The van der Waals surface area contributed by atoms with Gasteiger partial charge in [0.25, 0.3) is 11.6 Å². The first kappa shape index (κ1) is 23.6. The minimum absolute atomic E-state index is 0.0149. The number of carbonyl (C=O) groups is 2. The molecule has 0 radical (unpaired) electrons. The SMILES string of the molecule is O=C(OCC(=O)N1CCOCC1)c1c2c(nc3ccccc13)C(=Cc1cccc([N+](=O)[O-])c1)CCC2. The Hall–Kier alpha value is -4.11. The molecular formula is C27H25N3O6. The largest absolute Gasteiger partial charge is 0.452 e. The summed E-state index contributed by atoms with van der Waals surface area (Å²) in [5, 5.41) is 11.9. The van der Waals surface area contributed by atoms with Crippen LogP contribution in [0.2, 0.25) is 0 Å². The van der Waals surface area contributed by atoms with Gasteiger partial charge < -0.3 is 14.4 Å². The van der Waals surface area contributed by atoms with Crippen LogP contribution in [-0.4, -0.2) is 59.6 Å². The number of allylic oxidation sites excluding steroid dienone is 1. The number of fused-ring (bicyclic) bond motifs is 2. The van der Waals surface area contributed by atoms with E-state index in [9.17, 15) is 19.7 Å². The molecule has 0 N–H and O–H groups in total. The van der Waals surface area contributed by atoms with E-state index in [2.05, 4.69) is 0 Å². The fourth-order valence-corrected chi connectivity index (χ4v) is 4.74. The number of ether oxygens (including phenoxy) is 2. The van der Waals surface area contributed by atoms with Crippen LogP contribution in [0.5, 0.6) is 0 Å². The van der Waals surface area contributed by atoms with Crippen LogP contribution < -0.4 is 0 Å². The highest BCUT2D eigenvalue weighted by molar-refractivity contribution is 6.07. The number of aromatic nitrogens is 1. The molecule has 184 valence electrons. The van der Waals surface area contributed by atoms with Crippen LogP contribution in [0.25, 0.3) is 22.6 Å². The van der Waals surface area contributed by atoms with Crippen molar-refractivity contribution in [1.82, 2.24) is 9.88 Å². The Morgan fingerprint density at radius 3 is 2.72 bits per heavy atom. The third kappa shape index (κ3) is 4.83. The molecule has 0 saturated carbocycles. The molecule has 1 aliphatic carbocycles. The molecule has 1 amide bonds. The molecule has 1 aliphatic heterocycles. The smallest absolute Gasteiger partial charge is 0.339 e. The number of carbonyl (C=O) groups excluding carboxylic acids is 2. The molecular weight excluding hydrogens is 462 g/mol. The van der Waals surface area contributed by atoms with Crippen molar-refractivity contribution < 1.29 is 24.0 Å². The third-order valence-corrected chi connectivity index (χ3v) is 6.49. The number of rotatable bonds is 5. The fraction of sp³-hybridized carbons (Fsp3) is 0.296. The molecule has 2 heterocycles. The number of morpholine rings is 1. The number of para-hydroxylation sites is 1. The first-order chi connectivity index (χ1) is 17.5. The summed E-state index contributed by atoms with van der Waals surface area (Å²) < 4.78 is 10.8. The second kappa shape index (κ2) is 10.2. The van der Waals surface area contributed by atoms with Crippen molar-refractivity contribution in [3.05, 3.63) is 81.0 Å². The van der Waals surface area contributed by atoms with E-state index >= 15 is 0 Å². The number of hydrogen-bond donors (Lipinski definition) is 0. The van der Waals surface area contributed by atoms with Gasteiger partial charge in [0, 0.05) is 30.6 Å². The van der Waals surface area contributed by atoms with E-state index in [0.29, 0.717) is 60.4 Å². The Kier molecular flexibility index (Phi) is 6.73. The zero-order chi connectivity index (χ0) is 25.1. The van der Waals surface area contributed by atoms with E-state index in [4.69, 9.17) is 14.5 Å².